The molecule has 2 rings (SSSR count). The molecular formula is C11H10O3. The Kier molecular flexibility index (Phi) is 1.71. The van der Waals surface area contributed by atoms with Gasteiger partial charge in [0.15, 0.2) is 11.5 Å². The van der Waals surface area contributed by atoms with Gasteiger partial charge in [-0.3, -0.25) is 9.59 Å². The number of carbonyl (C=O) groups is 2. The Morgan fingerprint density at radius 1 is 1.07 bits per heavy atom. The summed E-state index contributed by atoms with van der Waals surface area (Å²) in [5, 5.41) is 0. The van der Waals surface area contributed by atoms with E-state index in [9.17, 15) is 9.59 Å². The summed E-state index contributed by atoms with van der Waals surface area (Å²) in [6, 6.07) is 0. The van der Waals surface area contributed by atoms with Gasteiger partial charge in [0, 0.05) is 0 Å². The zero-order chi connectivity index (χ0) is 10.3. The third-order valence-corrected chi connectivity index (χ3v) is 2.14. The molecule has 0 saturated heterocycles. The fourth-order valence-corrected chi connectivity index (χ4v) is 1.41. The molecule has 0 spiro atoms. The fourth-order valence-electron chi connectivity index (χ4n) is 1.41. The van der Waals surface area contributed by atoms with Gasteiger partial charge in [0.1, 0.15) is 5.60 Å². The number of hydrogen-bond donors (Lipinski definition) is 0. The predicted octanol–water partition coefficient (Wildman–Crippen LogP) is 1.31. The molecule has 0 aromatic rings. The van der Waals surface area contributed by atoms with Crippen LogP contribution in [0.4, 0.5) is 0 Å². The van der Waals surface area contributed by atoms with Crippen molar-refractivity contribution in [3.63, 3.8) is 0 Å². The highest BCUT2D eigenvalue weighted by Crippen LogP contribution is 2.28. The lowest BCUT2D eigenvalue weighted by atomic mass is 9.95. The minimum atomic E-state index is -0.514. The summed E-state index contributed by atoms with van der Waals surface area (Å²) >= 11 is 0. The first-order valence-corrected chi connectivity index (χ1v) is 4.39. The van der Waals surface area contributed by atoms with E-state index in [1.807, 2.05) is 13.8 Å². The van der Waals surface area contributed by atoms with Crippen molar-refractivity contribution in [2.24, 2.45) is 0 Å². The van der Waals surface area contributed by atoms with Crippen LogP contribution in [0.1, 0.15) is 13.8 Å². The molecule has 14 heavy (non-hydrogen) atoms. The smallest absolute Gasteiger partial charge is 0.221 e. The first-order chi connectivity index (χ1) is 6.49. The normalized spacial score (nSPS) is 23.6. The third-order valence-electron chi connectivity index (χ3n) is 2.14. The highest BCUT2D eigenvalue weighted by Gasteiger charge is 2.31. The summed E-state index contributed by atoms with van der Waals surface area (Å²) in [7, 11) is 0. The van der Waals surface area contributed by atoms with E-state index < -0.39 is 5.60 Å². The van der Waals surface area contributed by atoms with E-state index in [2.05, 4.69) is 0 Å². The van der Waals surface area contributed by atoms with E-state index in [0.29, 0.717) is 5.57 Å². The molecule has 0 aromatic heterocycles. The summed E-state index contributed by atoms with van der Waals surface area (Å²) in [5.41, 5.74) is -0.156. The van der Waals surface area contributed by atoms with E-state index in [0.717, 1.165) is 0 Å². The van der Waals surface area contributed by atoms with Crippen LogP contribution < -0.4 is 0 Å². The van der Waals surface area contributed by atoms with Gasteiger partial charge in [-0.15, -0.1) is 0 Å². The number of rotatable bonds is 0. The highest BCUT2D eigenvalue weighted by molar-refractivity contribution is 6.20. The van der Waals surface area contributed by atoms with Crippen molar-refractivity contribution in [1.29, 1.82) is 0 Å². The van der Waals surface area contributed by atoms with Crippen LogP contribution in [0.15, 0.2) is 35.6 Å². The quantitative estimate of drug-likeness (QED) is 0.541. The van der Waals surface area contributed by atoms with Crippen molar-refractivity contribution in [3.8, 4) is 0 Å². The van der Waals surface area contributed by atoms with Crippen molar-refractivity contribution < 1.29 is 14.3 Å². The molecule has 0 saturated carbocycles. The van der Waals surface area contributed by atoms with Gasteiger partial charge in [0.05, 0.1) is 5.57 Å². The molecule has 2 aliphatic rings. The SMILES string of the molecule is CC1(C)C=CC2=C(O1)C(=O)C=CC2=O. The van der Waals surface area contributed by atoms with Crippen LogP contribution in [0.2, 0.25) is 0 Å². The molecule has 1 aliphatic heterocycles. The second kappa shape index (κ2) is 2.67. The average molecular weight is 190 g/mol. The van der Waals surface area contributed by atoms with Gasteiger partial charge in [-0.25, -0.2) is 0 Å². The zero-order valence-corrected chi connectivity index (χ0v) is 8.03. The van der Waals surface area contributed by atoms with Crippen LogP contribution in [0.25, 0.3) is 0 Å². The number of carbonyl (C=O) groups excluding carboxylic acids is 2. The number of hydrogen-bond acceptors (Lipinski definition) is 3. The highest BCUT2D eigenvalue weighted by atomic mass is 16.5. The van der Waals surface area contributed by atoms with E-state index in [1.54, 1.807) is 12.2 Å². The van der Waals surface area contributed by atoms with E-state index in [-0.39, 0.29) is 17.3 Å². The Labute approximate surface area is 81.7 Å². The van der Waals surface area contributed by atoms with Crippen molar-refractivity contribution in [2.45, 2.75) is 19.4 Å². The molecule has 0 radical (unpaired) electrons. The summed E-state index contributed by atoms with van der Waals surface area (Å²) in [6.45, 7) is 3.67. The van der Waals surface area contributed by atoms with Gasteiger partial charge in [-0.1, -0.05) is 0 Å². The van der Waals surface area contributed by atoms with E-state index in [4.69, 9.17) is 4.74 Å². The molecule has 3 nitrogen and oxygen atoms in total. The second-order valence-electron chi connectivity index (χ2n) is 3.84. The topological polar surface area (TPSA) is 43.4 Å². The molecule has 0 N–H and O–H groups in total. The van der Waals surface area contributed by atoms with Gasteiger partial charge >= 0.3 is 0 Å². The molecule has 0 atom stereocenters. The van der Waals surface area contributed by atoms with Crippen molar-refractivity contribution in [2.75, 3.05) is 0 Å². The third kappa shape index (κ3) is 1.31. The molecule has 0 aromatic carbocycles. The largest absolute Gasteiger partial charge is 0.479 e. The molecular weight excluding hydrogens is 180 g/mol. The van der Waals surface area contributed by atoms with Crippen LogP contribution in [0.5, 0.6) is 0 Å². The Bertz CT molecular complexity index is 408. The molecule has 1 aliphatic carbocycles. The number of ether oxygens (including phenoxy) is 1. The van der Waals surface area contributed by atoms with Crippen LogP contribution in [0, 0.1) is 0 Å². The molecule has 0 amide bonds. The maximum absolute atomic E-state index is 11.4. The number of allylic oxidation sites excluding steroid dienone is 4. The zero-order valence-electron chi connectivity index (χ0n) is 8.03. The molecule has 3 heteroatoms. The van der Waals surface area contributed by atoms with Crippen LogP contribution in [-0.4, -0.2) is 17.2 Å². The standard InChI is InChI=1S/C11H10O3/c1-11(2)6-5-7-8(12)3-4-9(13)10(7)14-11/h3-6H,1-2H3. The minimum Gasteiger partial charge on any atom is -0.479 e. The van der Waals surface area contributed by atoms with Crippen LogP contribution in [-0.2, 0) is 14.3 Å². The lowest BCUT2D eigenvalue weighted by Crippen LogP contribution is -2.30. The Morgan fingerprint density at radius 3 is 2.43 bits per heavy atom. The van der Waals surface area contributed by atoms with Gasteiger partial charge in [0.25, 0.3) is 0 Å². The molecule has 1 heterocycles. The fraction of sp³-hybridized carbons (Fsp3) is 0.273. The lowest BCUT2D eigenvalue weighted by molar-refractivity contribution is -0.119. The Balaban J connectivity index is 2.47. The minimum absolute atomic E-state index is 0.171. The van der Waals surface area contributed by atoms with Crippen molar-refractivity contribution in [1.82, 2.24) is 0 Å². The summed E-state index contributed by atoms with van der Waals surface area (Å²) in [6.07, 6.45) is 5.95. The molecule has 0 fully saturated rings. The number of ketones is 2. The van der Waals surface area contributed by atoms with Gasteiger partial charge in [0.2, 0.25) is 5.78 Å². The van der Waals surface area contributed by atoms with Crippen molar-refractivity contribution in [3.05, 3.63) is 35.6 Å². The Hall–Kier alpha value is -1.64. The van der Waals surface area contributed by atoms with Gasteiger partial charge in [-0.2, -0.15) is 0 Å². The second-order valence-corrected chi connectivity index (χ2v) is 3.84. The van der Waals surface area contributed by atoms with Crippen LogP contribution in [0.3, 0.4) is 0 Å². The Morgan fingerprint density at radius 2 is 1.71 bits per heavy atom. The maximum Gasteiger partial charge on any atom is 0.221 e. The first kappa shape index (κ1) is 8.94. The molecule has 0 unspecified atom stereocenters. The van der Waals surface area contributed by atoms with Crippen LogP contribution >= 0.6 is 0 Å². The monoisotopic (exact) mass is 190 g/mol. The average Bonchev–Trinajstić information content (AvgIpc) is 2.10. The molecule has 72 valence electrons. The summed E-state index contributed by atoms with van der Waals surface area (Å²) in [5.74, 6) is -0.242. The van der Waals surface area contributed by atoms with E-state index in [1.165, 1.54) is 12.2 Å². The van der Waals surface area contributed by atoms with Gasteiger partial charge in [-0.05, 0) is 38.2 Å². The van der Waals surface area contributed by atoms with Gasteiger partial charge < -0.3 is 4.74 Å². The van der Waals surface area contributed by atoms with E-state index >= 15 is 0 Å². The summed E-state index contributed by atoms with van der Waals surface area (Å²) in [4.78, 5) is 22.8. The lowest BCUT2D eigenvalue weighted by Gasteiger charge is -2.29. The maximum atomic E-state index is 11.4. The summed E-state index contributed by atoms with van der Waals surface area (Å²) < 4.78 is 5.43. The van der Waals surface area contributed by atoms with Crippen molar-refractivity contribution >= 4 is 11.6 Å². The first-order valence-electron chi connectivity index (χ1n) is 4.39. The molecule has 0 bridgehead atoms. The predicted molar refractivity (Wildman–Crippen MR) is 50.5 cm³/mol.